The van der Waals surface area contributed by atoms with Crippen molar-refractivity contribution in [2.45, 2.75) is 0 Å². The summed E-state index contributed by atoms with van der Waals surface area (Å²) < 4.78 is 0. The number of rotatable bonds is 1. The fourth-order valence-corrected chi connectivity index (χ4v) is 0.452. The predicted octanol–water partition coefficient (Wildman–Crippen LogP) is -1.93. The number of hydrogen-bond donors (Lipinski definition) is 0. The van der Waals surface area contributed by atoms with Crippen LogP contribution in [0.3, 0.4) is 0 Å². The van der Waals surface area contributed by atoms with Gasteiger partial charge in [-0.25, -0.2) is 0 Å². The van der Waals surface area contributed by atoms with Gasteiger partial charge in [0.2, 0.25) is 0 Å². The molecule has 0 unspecified atom stereocenters. The average molecular weight is 191 g/mol. The summed E-state index contributed by atoms with van der Waals surface area (Å²) in [5.41, 5.74) is 0.590. The molecule has 0 bridgehead atoms. The van der Waals surface area contributed by atoms with E-state index in [9.17, 15) is 0 Å². The topological polar surface area (TPSA) is 35.2 Å². The molecule has 1 rings (SSSR count). The van der Waals surface area contributed by atoms with Crippen LogP contribution in [0.1, 0.15) is 5.69 Å². The number of aromatic nitrogens is 1. The van der Waals surface area contributed by atoms with Gasteiger partial charge < -0.3 is 5.41 Å². The van der Waals surface area contributed by atoms with Gasteiger partial charge >= 0.3 is 58.2 Å². The van der Waals surface area contributed by atoms with Crippen LogP contribution in [0.15, 0.2) is 24.4 Å². The zero-order valence-electron chi connectivity index (χ0n) is 5.28. The fraction of sp³-hybridized carbons (Fsp3) is 0. The molecule has 0 aliphatic carbocycles. The maximum absolute atomic E-state index is 8.35. The van der Waals surface area contributed by atoms with Crippen LogP contribution < -0.4 is 58.2 Å². The molecule has 2 nitrogen and oxygen atoms in total. The summed E-state index contributed by atoms with van der Waals surface area (Å²) in [7, 11) is 0. The molecule has 0 N–H and O–H groups in total. The SMILES string of the molecule is [N-]=Cc1ccccn1.[Rb+]. The maximum Gasteiger partial charge on any atom is 1.00 e. The summed E-state index contributed by atoms with van der Waals surface area (Å²) in [4.78, 5) is 3.79. The van der Waals surface area contributed by atoms with Crippen molar-refractivity contribution >= 4 is 6.21 Å². The van der Waals surface area contributed by atoms with E-state index < -0.39 is 0 Å². The Labute approximate surface area is 103 Å². The molecule has 0 aliphatic rings. The molecule has 40 valence electrons. The van der Waals surface area contributed by atoms with Gasteiger partial charge in [0.25, 0.3) is 0 Å². The van der Waals surface area contributed by atoms with E-state index in [1.165, 1.54) is 0 Å². The first kappa shape index (κ1) is 9.63. The van der Waals surface area contributed by atoms with Crippen LogP contribution in [0.4, 0.5) is 0 Å². The van der Waals surface area contributed by atoms with Gasteiger partial charge in [-0.15, -0.1) is 0 Å². The van der Waals surface area contributed by atoms with Crippen LogP contribution in [-0.4, -0.2) is 11.2 Å². The second-order valence-corrected chi connectivity index (χ2v) is 1.38. The molecular weight excluding hydrogens is 186 g/mol. The second-order valence-electron chi connectivity index (χ2n) is 1.38. The summed E-state index contributed by atoms with van der Waals surface area (Å²) in [5.74, 6) is 0. The summed E-state index contributed by atoms with van der Waals surface area (Å²) in [5, 5.41) is 8.35. The molecule has 0 spiro atoms. The first-order valence-corrected chi connectivity index (χ1v) is 2.32. The molecule has 0 atom stereocenters. The van der Waals surface area contributed by atoms with Crippen LogP contribution >= 0.6 is 0 Å². The van der Waals surface area contributed by atoms with Crippen molar-refractivity contribution in [3.05, 3.63) is 35.5 Å². The Morgan fingerprint density at radius 2 is 2.22 bits per heavy atom. The van der Waals surface area contributed by atoms with Gasteiger partial charge in [-0.2, -0.15) is 6.21 Å². The summed E-state index contributed by atoms with van der Waals surface area (Å²) >= 11 is 0. The molecule has 0 aromatic carbocycles. The van der Waals surface area contributed by atoms with E-state index in [4.69, 9.17) is 5.41 Å². The minimum atomic E-state index is 0. The Bertz CT molecular complexity index is 174. The van der Waals surface area contributed by atoms with Crippen molar-refractivity contribution in [1.29, 1.82) is 0 Å². The van der Waals surface area contributed by atoms with Gasteiger partial charge in [-0.05, 0) is 12.1 Å². The Morgan fingerprint density at radius 1 is 1.44 bits per heavy atom. The molecule has 0 aliphatic heterocycles. The zero-order valence-corrected chi connectivity index (χ0v) is 10.2. The van der Waals surface area contributed by atoms with E-state index in [0.717, 1.165) is 6.21 Å². The zero-order chi connectivity index (χ0) is 5.82. The molecule has 9 heavy (non-hydrogen) atoms. The van der Waals surface area contributed by atoms with Crippen molar-refractivity contribution in [3.8, 4) is 0 Å². The van der Waals surface area contributed by atoms with Crippen molar-refractivity contribution < 1.29 is 58.2 Å². The van der Waals surface area contributed by atoms with E-state index >= 15 is 0 Å². The van der Waals surface area contributed by atoms with E-state index in [1.54, 1.807) is 18.3 Å². The van der Waals surface area contributed by atoms with Gasteiger partial charge in [-0.3, -0.25) is 4.98 Å². The summed E-state index contributed by atoms with van der Waals surface area (Å²) in [6.07, 6.45) is 2.60. The molecule has 0 fully saturated rings. The third-order valence-corrected chi connectivity index (χ3v) is 0.820. The summed E-state index contributed by atoms with van der Waals surface area (Å²) in [6.45, 7) is 0. The van der Waals surface area contributed by atoms with Gasteiger partial charge in [0, 0.05) is 11.9 Å². The van der Waals surface area contributed by atoms with Crippen molar-refractivity contribution in [3.63, 3.8) is 0 Å². The van der Waals surface area contributed by atoms with E-state index in [-0.39, 0.29) is 58.2 Å². The quantitative estimate of drug-likeness (QED) is 0.476. The normalized spacial score (nSPS) is 7.56. The van der Waals surface area contributed by atoms with Crippen molar-refractivity contribution in [1.82, 2.24) is 4.98 Å². The maximum atomic E-state index is 8.35. The van der Waals surface area contributed by atoms with Gasteiger partial charge in [-0.1, -0.05) is 6.07 Å². The van der Waals surface area contributed by atoms with Gasteiger partial charge in [0.1, 0.15) is 0 Å². The Hall–Kier alpha value is 0.625. The molecular formula is C6H5N2Rb. The van der Waals surface area contributed by atoms with Gasteiger partial charge in [0.15, 0.2) is 0 Å². The first-order valence-electron chi connectivity index (χ1n) is 2.32. The van der Waals surface area contributed by atoms with Crippen LogP contribution in [0.25, 0.3) is 5.41 Å². The van der Waals surface area contributed by atoms with E-state index in [0.29, 0.717) is 5.69 Å². The molecule has 0 radical (unpaired) electrons. The third-order valence-electron chi connectivity index (χ3n) is 0.820. The largest absolute Gasteiger partial charge is 1.00 e. The van der Waals surface area contributed by atoms with Crippen LogP contribution in [0.5, 0.6) is 0 Å². The Balaban J connectivity index is 0.000000640. The number of hydrogen-bond acceptors (Lipinski definition) is 1. The molecule has 0 amide bonds. The smallest absolute Gasteiger partial charge is 0.809 e. The second kappa shape index (κ2) is 5.41. The minimum absolute atomic E-state index is 0. The molecule has 0 saturated heterocycles. The monoisotopic (exact) mass is 190 g/mol. The average Bonchev–Trinajstić information content (AvgIpc) is 1.90. The number of pyridine rings is 1. The standard InChI is InChI=1S/C6H5N2.Rb/c7-5-6-3-1-2-4-8-6;/h1-5H;/q-1;+1. The van der Waals surface area contributed by atoms with Gasteiger partial charge in [0.05, 0.1) is 0 Å². The van der Waals surface area contributed by atoms with Crippen LogP contribution in [0.2, 0.25) is 0 Å². The molecule has 1 aromatic heterocycles. The predicted molar refractivity (Wildman–Crippen MR) is 32.8 cm³/mol. The fourth-order valence-electron chi connectivity index (χ4n) is 0.452. The molecule has 1 heterocycles. The minimum Gasteiger partial charge on any atom is -0.809 e. The van der Waals surface area contributed by atoms with Crippen LogP contribution in [-0.2, 0) is 0 Å². The number of nitrogens with zero attached hydrogens (tertiary/aromatic N) is 2. The van der Waals surface area contributed by atoms with Crippen molar-refractivity contribution in [2.75, 3.05) is 0 Å². The molecule has 3 heteroatoms. The van der Waals surface area contributed by atoms with Crippen molar-refractivity contribution in [2.24, 2.45) is 0 Å². The molecule has 0 saturated carbocycles. The Kier molecular flexibility index (Phi) is 5.79. The summed E-state index contributed by atoms with van der Waals surface area (Å²) in [6, 6.07) is 5.34. The third kappa shape index (κ3) is 3.35. The first-order chi connectivity index (χ1) is 3.93. The van der Waals surface area contributed by atoms with E-state index in [2.05, 4.69) is 4.98 Å². The van der Waals surface area contributed by atoms with Crippen LogP contribution in [0, 0.1) is 0 Å². The molecule has 1 aromatic rings. The van der Waals surface area contributed by atoms with E-state index in [1.807, 2.05) is 6.07 Å². The Morgan fingerprint density at radius 3 is 2.56 bits per heavy atom.